The van der Waals surface area contributed by atoms with E-state index < -0.39 is 9.84 Å². The Morgan fingerprint density at radius 1 is 1.24 bits per heavy atom. The molecule has 1 amide bonds. The van der Waals surface area contributed by atoms with Crippen LogP contribution in [-0.4, -0.2) is 25.8 Å². The van der Waals surface area contributed by atoms with Gasteiger partial charge in [-0.3, -0.25) is 4.79 Å². The summed E-state index contributed by atoms with van der Waals surface area (Å²) in [5, 5.41) is 4.37. The predicted octanol–water partition coefficient (Wildman–Crippen LogP) is 3.17. The highest BCUT2D eigenvalue weighted by Crippen LogP contribution is 2.63. The molecule has 0 heterocycles. The first-order valence-electron chi connectivity index (χ1n) is 8.80. The van der Waals surface area contributed by atoms with Gasteiger partial charge in [-0.05, 0) is 42.7 Å². The summed E-state index contributed by atoms with van der Waals surface area (Å²) in [6.45, 7) is 6.79. The molecule has 136 valence electrons. The number of hydrogen-bond donors (Lipinski definition) is 1. The van der Waals surface area contributed by atoms with Gasteiger partial charge in [0, 0.05) is 17.5 Å². The summed E-state index contributed by atoms with van der Waals surface area (Å²) >= 11 is 0. The lowest BCUT2D eigenvalue weighted by molar-refractivity contribution is -0.120. The molecule has 0 spiro atoms. The van der Waals surface area contributed by atoms with Gasteiger partial charge < -0.3 is 0 Å². The third kappa shape index (κ3) is 3.12. The smallest absolute Gasteiger partial charge is 0.241 e. The summed E-state index contributed by atoms with van der Waals surface area (Å²) in [5.74, 6) is 0.0572. The van der Waals surface area contributed by atoms with E-state index in [0.29, 0.717) is 5.92 Å². The molecule has 2 aliphatic carbocycles. The fourth-order valence-electron chi connectivity index (χ4n) is 4.26. The van der Waals surface area contributed by atoms with Gasteiger partial charge in [0.2, 0.25) is 5.91 Å². The van der Waals surface area contributed by atoms with Gasteiger partial charge in [0.15, 0.2) is 9.84 Å². The number of nitrogens with zero attached hydrogens (tertiary/aromatic N) is 1. The molecule has 0 unspecified atom stereocenters. The number of fused-ring (bicyclic) bond motifs is 2. The molecular formula is C19H26N2O3S. The zero-order valence-corrected chi connectivity index (χ0v) is 15.9. The number of hydrazone groups is 1. The Morgan fingerprint density at radius 3 is 2.48 bits per heavy atom. The lowest BCUT2D eigenvalue weighted by Crippen LogP contribution is -2.34. The number of sulfone groups is 1. The highest BCUT2D eigenvalue weighted by molar-refractivity contribution is 7.91. The molecule has 0 saturated heterocycles. The van der Waals surface area contributed by atoms with Crippen molar-refractivity contribution < 1.29 is 13.2 Å². The van der Waals surface area contributed by atoms with Gasteiger partial charge in [0.25, 0.3) is 0 Å². The van der Waals surface area contributed by atoms with Gasteiger partial charge in [-0.1, -0.05) is 39.0 Å². The molecule has 1 aromatic carbocycles. The van der Waals surface area contributed by atoms with Crippen LogP contribution in [-0.2, 0) is 14.6 Å². The van der Waals surface area contributed by atoms with E-state index in [0.717, 1.165) is 18.6 Å². The van der Waals surface area contributed by atoms with Crippen LogP contribution >= 0.6 is 0 Å². The van der Waals surface area contributed by atoms with Crippen LogP contribution in [0.1, 0.15) is 46.5 Å². The van der Waals surface area contributed by atoms with Crippen LogP contribution in [0.4, 0.5) is 0 Å². The third-order valence-electron chi connectivity index (χ3n) is 6.53. The van der Waals surface area contributed by atoms with Crippen LogP contribution in [0.15, 0.2) is 40.3 Å². The Morgan fingerprint density at radius 2 is 1.92 bits per heavy atom. The molecule has 2 saturated carbocycles. The molecule has 0 aliphatic heterocycles. The van der Waals surface area contributed by atoms with Crippen LogP contribution in [0, 0.1) is 16.7 Å². The number of benzene rings is 1. The first kappa shape index (κ1) is 18.1. The number of carbonyl (C=O) groups is 1. The van der Waals surface area contributed by atoms with Crippen molar-refractivity contribution in [3.05, 3.63) is 30.3 Å². The van der Waals surface area contributed by atoms with E-state index in [2.05, 4.69) is 31.3 Å². The van der Waals surface area contributed by atoms with Crippen molar-refractivity contribution in [1.29, 1.82) is 0 Å². The van der Waals surface area contributed by atoms with E-state index in [1.165, 1.54) is 6.42 Å². The summed E-state index contributed by atoms with van der Waals surface area (Å²) in [7, 11) is -3.44. The molecule has 2 aliphatic rings. The molecule has 2 bridgehead atoms. The van der Waals surface area contributed by atoms with Crippen LogP contribution < -0.4 is 5.43 Å². The van der Waals surface area contributed by atoms with Gasteiger partial charge in [-0.25, -0.2) is 13.8 Å². The topological polar surface area (TPSA) is 75.6 Å². The second-order valence-corrected chi connectivity index (χ2v) is 10.1. The lowest BCUT2D eigenvalue weighted by atomic mass is 9.70. The highest BCUT2D eigenvalue weighted by atomic mass is 32.2. The van der Waals surface area contributed by atoms with Gasteiger partial charge >= 0.3 is 0 Å². The van der Waals surface area contributed by atoms with Crippen molar-refractivity contribution >= 4 is 21.5 Å². The first-order chi connectivity index (χ1) is 11.7. The molecule has 0 radical (unpaired) electrons. The SMILES string of the molecule is CC1(C)[C@H]2CC[C@@]1(C)/C(=N/NC(=O)CCS(=O)(=O)c1ccccc1)C2. The van der Waals surface area contributed by atoms with Crippen molar-refractivity contribution in [2.75, 3.05) is 5.75 Å². The van der Waals surface area contributed by atoms with Crippen molar-refractivity contribution in [2.24, 2.45) is 21.8 Å². The molecule has 3 rings (SSSR count). The Kier molecular flexibility index (Phi) is 4.52. The summed E-state index contributed by atoms with van der Waals surface area (Å²) in [6.07, 6.45) is 3.15. The molecule has 1 N–H and O–H groups in total. The second-order valence-electron chi connectivity index (χ2n) is 7.97. The average molecular weight is 362 g/mol. The van der Waals surface area contributed by atoms with Gasteiger partial charge in [0.05, 0.1) is 10.6 Å². The van der Waals surface area contributed by atoms with E-state index in [9.17, 15) is 13.2 Å². The minimum absolute atomic E-state index is 0.0288. The fourth-order valence-corrected chi connectivity index (χ4v) is 5.52. The highest BCUT2D eigenvalue weighted by Gasteiger charge is 2.59. The van der Waals surface area contributed by atoms with Crippen molar-refractivity contribution in [3.63, 3.8) is 0 Å². The Bertz CT molecular complexity index is 799. The number of rotatable bonds is 5. The lowest BCUT2D eigenvalue weighted by Gasteiger charge is -2.34. The molecule has 6 heteroatoms. The van der Waals surface area contributed by atoms with Crippen LogP contribution in [0.5, 0.6) is 0 Å². The van der Waals surface area contributed by atoms with Crippen molar-refractivity contribution in [1.82, 2.24) is 5.43 Å². The van der Waals surface area contributed by atoms with Crippen molar-refractivity contribution in [2.45, 2.75) is 51.3 Å². The Hall–Kier alpha value is -1.69. The monoisotopic (exact) mass is 362 g/mol. The zero-order valence-electron chi connectivity index (χ0n) is 15.1. The number of nitrogens with one attached hydrogen (secondary N) is 1. The predicted molar refractivity (Wildman–Crippen MR) is 97.9 cm³/mol. The van der Waals surface area contributed by atoms with Crippen LogP contribution in [0.2, 0.25) is 0 Å². The maximum atomic E-state index is 12.2. The molecule has 1 aromatic rings. The Balaban J connectivity index is 1.60. The zero-order chi connectivity index (χ0) is 18.3. The average Bonchev–Trinajstić information content (AvgIpc) is 2.92. The van der Waals surface area contributed by atoms with Gasteiger partial charge in [0.1, 0.15) is 0 Å². The quantitative estimate of drug-likeness (QED) is 0.818. The summed E-state index contributed by atoms with van der Waals surface area (Å²) in [5.41, 5.74) is 3.86. The summed E-state index contributed by atoms with van der Waals surface area (Å²) < 4.78 is 24.4. The second kappa shape index (κ2) is 6.24. The maximum absolute atomic E-state index is 12.2. The van der Waals surface area contributed by atoms with Crippen molar-refractivity contribution in [3.8, 4) is 0 Å². The third-order valence-corrected chi connectivity index (χ3v) is 8.26. The van der Waals surface area contributed by atoms with E-state index in [1.54, 1.807) is 30.3 Å². The number of hydrogen-bond acceptors (Lipinski definition) is 4. The summed E-state index contributed by atoms with van der Waals surface area (Å²) in [6, 6.07) is 8.21. The normalized spacial score (nSPS) is 29.1. The number of amides is 1. The molecular weight excluding hydrogens is 336 g/mol. The van der Waals surface area contributed by atoms with Crippen LogP contribution in [0.25, 0.3) is 0 Å². The minimum atomic E-state index is -3.44. The van der Waals surface area contributed by atoms with Gasteiger partial charge in [-0.15, -0.1) is 0 Å². The van der Waals surface area contributed by atoms with Crippen LogP contribution in [0.3, 0.4) is 0 Å². The molecule has 0 aromatic heterocycles. The molecule has 25 heavy (non-hydrogen) atoms. The van der Waals surface area contributed by atoms with E-state index in [-0.39, 0.29) is 33.8 Å². The molecule has 2 fully saturated rings. The number of carbonyl (C=O) groups excluding carboxylic acids is 1. The van der Waals surface area contributed by atoms with E-state index >= 15 is 0 Å². The van der Waals surface area contributed by atoms with E-state index in [4.69, 9.17) is 0 Å². The standard InChI is InChI=1S/C19H26N2O3S/c1-18(2)14-9-11-19(18,3)16(13-14)20-21-17(22)10-12-25(23,24)15-7-5-4-6-8-15/h4-8,14H,9-13H2,1-3H3,(H,21,22)/b20-16+/t14-,19-/m0/s1. The summed E-state index contributed by atoms with van der Waals surface area (Å²) in [4.78, 5) is 12.3. The molecule has 5 nitrogen and oxygen atoms in total. The van der Waals surface area contributed by atoms with E-state index in [1.807, 2.05) is 0 Å². The molecule has 2 atom stereocenters. The van der Waals surface area contributed by atoms with Gasteiger partial charge in [-0.2, -0.15) is 5.10 Å². The largest absolute Gasteiger partial charge is 0.273 e. The minimum Gasteiger partial charge on any atom is -0.273 e. The Labute approximate surface area is 149 Å². The first-order valence-corrected chi connectivity index (χ1v) is 10.5. The fraction of sp³-hybridized carbons (Fsp3) is 0.579. The maximum Gasteiger partial charge on any atom is 0.241 e.